The summed E-state index contributed by atoms with van der Waals surface area (Å²) in [5.41, 5.74) is 0. The van der Waals surface area contributed by atoms with Crippen LogP contribution in [0.15, 0.2) is 25.3 Å². The summed E-state index contributed by atoms with van der Waals surface area (Å²) in [6.45, 7) is 7.09. The van der Waals surface area contributed by atoms with Gasteiger partial charge in [-0.15, -0.1) is 13.2 Å². The lowest BCUT2D eigenvalue weighted by Gasteiger charge is -2.24. The molecule has 0 unspecified atom stereocenters. The predicted molar refractivity (Wildman–Crippen MR) is 78.3 cm³/mol. The SMILES string of the molecule is C=CCC[C@@H](OS(C)(=O)=O)[C@@H](CCC=C)OS(C)(=O)=O. The Kier molecular flexibility index (Phi) is 8.26. The summed E-state index contributed by atoms with van der Waals surface area (Å²) >= 11 is 0. The second kappa shape index (κ2) is 8.56. The number of hydrogen-bond donors (Lipinski definition) is 0. The molecule has 0 amide bonds. The maximum absolute atomic E-state index is 11.3. The van der Waals surface area contributed by atoms with E-state index in [1.807, 2.05) is 0 Å². The van der Waals surface area contributed by atoms with Crippen molar-refractivity contribution in [2.45, 2.75) is 37.9 Å². The zero-order valence-electron chi connectivity index (χ0n) is 11.8. The Morgan fingerprint density at radius 3 is 1.35 bits per heavy atom. The van der Waals surface area contributed by atoms with Crippen molar-refractivity contribution in [3.63, 3.8) is 0 Å². The van der Waals surface area contributed by atoms with Gasteiger partial charge in [-0.05, 0) is 25.7 Å². The average Bonchev–Trinajstić information content (AvgIpc) is 2.27. The van der Waals surface area contributed by atoms with Crippen LogP contribution in [-0.4, -0.2) is 41.6 Å². The fourth-order valence-electron chi connectivity index (χ4n) is 1.61. The van der Waals surface area contributed by atoms with E-state index in [-0.39, 0.29) is 0 Å². The Morgan fingerprint density at radius 2 is 1.15 bits per heavy atom. The van der Waals surface area contributed by atoms with E-state index < -0.39 is 32.4 Å². The molecule has 0 aliphatic carbocycles. The minimum atomic E-state index is -3.71. The second-order valence-corrected chi connectivity index (χ2v) is 7.61. The van der Waals surface area contributed by atoms with Crippen molar-refractivity contribution in [3.8, 4) is 0 Å². The van der Waals surface area contributed by atoms with Crippen LogP contribution < -0.4 is 0 Å². The molecule has 0 aromatic heterocycles. The molecule has 0 bridgehead atoms. The molecular weight excluding hydrogens is 304 g/mol. The highest BCUT2D eigenvalue weighted by atomic mass is 32.2. The van der Waals surface area contributed by atoms with Crippen molar-refractivity contribution in [2.24, 2.45) is 0 Å². The molecule has 0 fully saturated rings. The van der Waals surface area contributed by atoms with Gasteiger partial charge in [0, 0.05) is 0 Å². The molecule has 0 spiro atoms. The number of allylic oxidation sites excluding steroid dienone is 2. The van der Waals surface area contributed by atoms with Gasteiger partial charge < -0.3 is 0 Å². The molecule has 0 N–H and O–H groups in total. The summed E-state index contributed by atoms with van der Waals surface area (Å²) < 4.78 is 55.0. The first kappa shape index (κ1) is 19.3. The quantitative estimate of drug-likeness (QED) is 0.423. The van der Waals surface area contributed by atoms with E-state index in [0.717, 1.165) is 12.5 Å². The highest BCUT2D eigenvalue weighted by Gasteiger charge is 2.28. The molecule has 6 nitrogen and oxygen atoms in total. The molecule has 8 heteroatoms. The summed E-state index contributed by atoms with van der Waals surface area (Å²) in [5.74, 6) is 0. The molecule has 0 aliphatic rings. The largest absolute Gasteiger partial charge is 0.264 e. The molecule has 0 saturated carbocycles. The van der Waals surface area contributed by atoms with E-state index in [1.54, 1.807) is 12.2 Å². The Balaban J connectivity index is 5.13. The van der Waals surface area contributed by atoms with E-state index in [0.29, 0.717) is 25.7 Å². The molecule has 0 aromatic rings. The van der Waals surface area contributed by atoms with Crippen LogP contribution >= 0.6 is 0 Å². The lowest BCUT2D eigenvalue weighted by atomic mass is 10.0. The zero-order valence-corrected chi connectivity index (χ0v) is 13.5. The maximum Gasteiger partial charge on any atom is 0.264 e. The first-order chi connectivity index (χ1) is 9.09. The summed E-state index contributed by atoms with van der Waals surface area (Å²) in [7, 11) is -7.43. The van der Waals surface area contributed by atoms with Crippen LogP contribution in [0.25, 0.3) is 0 Å². The van der Waals surface area contributed by atoms with Crippen LogP contribution in [0.3, 0.4) is 0 Å². The van der Waals surface area contributed by atoms with Crippen LogP contribution in [0, 0.1) is 0 Å². The van der Waals surface area contributed by atoms with E-state index in [2.05, 4.69) is 13.2 Å². The lowest BCUT2D eigenvalue weighted by Crippen LogP contribution is -2.35. The van der Waals surface area contributed by atoms with Gasteiger partial charge in [-0.1, -0.05) is 12.2 Å². The molecule has 0 saturated heterocycles. The third kappa shape index (κ3) is 10.1. The Bertz CT molecular complexity index is 458. The minimum absolute atomic E-state index is 0.300. The van der Waals surface area contributed by atoms with E-state index in [4.69, 9.17) is 8.37 Å². The van der Waals surface area contributed by atoms with Gasteiger partial charge in [0.1, 0.15) is 12.2 Å². The molecule has 2 atom stereocenters. The highest BCUT2D eigenvalue weighted by molar-refractivity contribution is 7.86. The van der Waals surface area contributed by atoms with Crippen molar-refractivity contribution >= 4 is 20.2 Å². The van der Waals surface area contributed by atoms with Crippen LogP contribution in [0.1, 0.15) is 25.7 Å². The average molecular weight is 326 g/mol. The molecule has 118 valence electrons. The van der Waals surface area contributed by atoms with Gasteiger partial charge in [-0.2, -0.15) is 16.8 Å². The maximum atomic E-state index is 11.3. The third-order valence-electron chi connectivity index (χ3n) is 2.32. The van der Waals surface area contributed by atoms with Gasteiger partial charge >= 0.3 is 0 Å². The third-order valence-corrected chi connectivity index (χ3v) is 3.52. The van der Waals surface area contributed by atoms with Crippen LogP contribution in [-0.2, 0) is 28.6 Å². The van der Waals surface area contributed by atoms with Gasteiger partial charge in [0.15, 0.2) is 0 Å². The van der Waals surface area contributed by atoms with Crippen LogP contribution in [0.4, 0.5) is 0 Å². The summed E-state index contributed by atoms with van der Waals surface area (Å²) in [5, 5.41) is 0. The Hall–Kier alpha value is -0.700. The van der Waals surface area contributed by atoms with Crippen molar-refractivity contribution < 1.29 is 25.2 Å². The topological polar surface area (TPSA) is 86.7 Å². The van der Waals surface area contributed by atoms with Crippen molar-refractivity contribution in [1.29, 1.82) is 0 Å². The highest BCUT2D eigenvalue weighted by Crippen LogP contribution is 2.19. The summed E-state index contributed by atoms with van der Waals surface area (Å²) in [4.78, 5) is 0. The van der Waals surface area contributed by atoms with Crippen molar-refractivity contribution in [2.75, 3.05) is 12.5 Å². The van der Waals surface area contributed by atoms with Crippen molar-refractivity contribution in [3.05, 3.63) is 25.3 Å². The van der Waals surface area contributed by atoms with Gasteiger partial charge in [-0.25, -0.2) is 0 Å². The first-order valence-electron chi connectivity index (χ1n) is 6.07. The fraction of sp³-hybridized carbons (Fsp3) is 0.667. The molecule has 0 heterocycles. The molecule has 0 radical (unpaired) electrons. The first-order valence-corrected chi connectivity index (χ1v) is 9.70. The summed E-state index contributed by atoms with van der Waals surface area (Å²) in [6, 6.07) is 0. The number of hydrogen-bond acceptors (Lipinski definition) is 6. The monoisotopic (exact) mass is 326 g/mol. The van der Waals surface area contributed by atoms with Gasteiger partial charge in [0.2, 0.25) is 0 Å². The number of rotatable bonds is 11. The fourth-order valence-corrected chi connectivity index (χ4v) is 2.94. The molecule has 0 aliphatic heterocycles. The molecule has 20 heavy (non-hydrogen) atoms. The van der Waals surface area contributed by atoms with Crippen LogP contribution in [0.5, 0.6) is 0 Å². The minimum Gasteiger partial charge on any atom is -0.264 e. The van der Waals surface area contributed by atoms with Gasteiger partial charge in [0.05, 0.1) is 12.5 Å². The van der Waals surface area contributed by atoms with Gasteiger partial charge in [-0.3, -0.25) is 8.37 Å². The standard InChI is InChI=1S/C12H22O6S2/c1-5-7-9-11(17-19(3,13)14)12(10-8-6-2)18-20(4,15)16/h5-6,11-12H,1-2,7-10H2,3-4H3/t11-,12-/m1/s1. The van der Waals surface area contributed by atoms with E-state index >= 15 is 0 Å². The molecular formula is C12H22O6S2. The normalized spacial score (nSPS) is 15.5. The molecule has 0 rings (SSSR count). The predicted octanol–water partition coefficient (Wildman–Crippen LogP) is 1.61. The zero-order chi connectivity index (χ0) is 15.8. The smallest absolute Gasteiger partial charge is 0.264 e. The Labute approximate surface area is 121 Å². The Morgan fingerprint density at radius 1 is 0.850 bits per heavy atom. The van der Waals surface area contributed by atoms with E-state index in [1.165, 1.54) is 0 Å². The van der Waals surface area contributed by atoms with Crippen LogP contribution in [0.2, 0.25) is 0 Å². The lowest BCUT2D eigenvalue weighted by molar-refractivity contribution is 0.0541. The molecule has 0 aromatic carbocycles. The van der Waals surface area contributed by atoms with Crippen molar-refractivity contribution in [1.82, 2.24) is 0 Å². The summed E-state index contributed by atoms with van der Waals surface area (Å²) in [6.07, 6.45) is 4.85. The van der Waals surface area contributed by atoms with E-state index in [9.17, 15) is 16.8 Å². The van der Waals surface area contributed by atoms with Gasteiger partial charge in [0.25, 0.3) is 20.2 Å². The second-order valence-electron chi connectivity index (χ2n) is 4.41.